The monoisotopic (exact) mass is 336 g/mol. The Labute approximate surface area is 150 Å². The molecule has 1 aliphatic rings. The smallest absolute Gasteiger partial charge is 0.168 e. The van der Waals surface area contributed by atoms with Gasteiger partial charge in [-0.2, -0.15) is 0 Å². The number of rotatable bonds is 14. The molecule has 2 nitrogen and oxygen atoms in total. The molecule has 1 atom stereocenters. The van der Waals surface area contributed by atoms with Crippen LogP contribution in [0.5, 0.6) is 0 Å². The van der Waals surface area contributed by atoms with Crippen molar-refractivity contribution in [2.45, 2.75) is 104 Å². The van der Waals surface area contributed by atoms with Crippen LogP contribution in [-0.2, 0) is 9.47 Å². The molecule has 2 heteroatoms. The SMILES string of the molecule is CCCCCCC/C=C/C/C(C)=C/CCCOC1(CC)CCCO1. The Kier molecular flexibility index (Phi) is 12.2. The van der Waals surface area contributed by atoms with E-state index in [4.69, 9.17) is 9.47 Å². The summed E-state index contributed by atoms with van der Waals surface area (Å²) in [4.78, 5) is 0. The second-order valence-corrected chi connectivity index (χ2v) is 7.14. The van der Waals surface area contributed by atoms with Crippen molar-refractivity contribution in [3.8, 4) is 0 Å². The fourth-order valence-corrected chi connectivity index (χ4v) is 3.19. The predicted molar refractivity (Wildman–Crippen MR) is 104 cm³/mol. The van der Waals surface area contributed by atoms with Gasteiger partial charge in [-0.25, -0.2) is 0 Å². The molecule has 140 valence electrons. The summed E-state index contributed by atoms with van der Waals surface area (Å²) in [5, 5.41) is 0. The highest BCUT2D eigenvalue weighted by Crippen LogP contribution is 2.30. The Morgan fingerprint density at radius 1 is 1.04 bits per heavy atom. The molecule has 0 bridgehead atoms. The molecule has 0 aromatic heterocycles. The summed E-state index contributed by atoms with van der Waals surface area (Å²) >= 11 is 0. The van der Waals surface area contributed by atoms with E-state index in [9.17, 15) is 0 Å². The standard InChI is InChI=1S/C22H40O2/c1-4-6-7-8-9-10-11-12-16-21(3)17-13-14-19-23-22(5-2)18-15-20-24-22/h11-12,17H,4-10,13-16,18-20H2,1-3H3/b12-11+,21-17+. The molecule has 1 aliphatic heterocycles. The van der Waals surface area contributed by atoms with Gasteiger partial charge in [0.25, 0.3) is 0 Å². The summed E-state index contributed by atoms with van der Waals surface area (Å²) in [7, 11) is 0. The van der Waals surface area contributed by atoms with Crippen molar-refractivity contribution < 1.29 is 9.47 Å². The molecule has 24 heavy (non-hydrogen) atoms. The van der Waals surface area contributed by atoms with E-state index >= 15 is 0 Å². The van der Waals surface area contributed by atoms with Gasteiger partial charge < -0.3 is 9.47 Å². The largest absolute Gasteiger partial charge is 0.350 e. The van der Waals surface area contributed by atoms with Gasteiger partial charge in [0.15, 0.2) is 5.79 Å². The van der Waals surface area contributed by atoms with Gasteiger partial charge in [0.2, 0.25) is 0 Å². The molecule has 0 amide bonds. The van der Waals surface area contributed by atoms with Gasteiger partial charge in [-0.15, -0.1) is 0 Å². The molecule has 0 aromatic rings. The van der Waals surface area contributed by atoms with Crippen molar-refractivity contribution in [3.05, 3.63) is 23.8 Å². The van der Waals surface area contributed by atoms with Crippen LogP contribution in [0.3, 0.4) is 0 Å². The molecule has 0 saturated carbocycles. The number of hydrogen-bond donors (Lipinski definition) is 0. The second-order valence-electron chi connectivity index (χ2n) is 7.14. The summed E-state index contributed by atoms with van der Waals surface area (Å²) in [6, 6.07) is 0. The lowest BCUT2D eigenvalue weighted by Crippen LogP contribution is -2.30. The van der Waals surface area contributed by atoms with Crippen molar-refractivity contribution in [1.82, 2.24) is 0 Å². The van der Waals surface area contributed by atoms with E-state index in [1.54, 1.807) is 0 Å². The average molecular weight is 337 g/mol. The molecule has 0 aromatic carbocycles. The average Bonchev–Trinajstić information content (AvgIpc) is 3.06. The number of hydrogen-bond acceptors (Lipinski definition) is 2. The lowest BCUT2D eigenvalue weighted by molar-refractivity contribution is -0.211. The first-order valence-corrected chi connectivity index (χ1v) is 10.3. The van der Waals surface area contributed by atoms with E-state index < -0.39 is 0 Å². The van der Waals surface area contributed by atoms with Crippen LogP contribution in [-0.4, -0.2) is 19.0 Å². The Hall–Kier alpha value is -0.600. The van der Waals surface area contributed by atoms with Gasteiger partial charge in [0.05, 0.1) is 13.2 Å². The fraction of sp³-hybridized carbons (Fsp3) is 0.818. The van der Waals surface area contributed by atoms with Crippen molar-refractivity contribution in [2.24, 2.45) is 0 Å². The van der Waals surface area contributed by atoms with Crippen LogP contribution in [0.4, 0.5) is 0 Å². The van der Waals surface area contributed by atoms with E-state index in [0.717, 1.165) is 51.7 Å². The summed E-state index contributed by atoms with van der Waals surface area (Å²) in [5.41, 5.74) is 1.47. The summed E-state index contributed by atoms with van der Waals surface area (Å²) in [5.74, 6) is -0.265. The fourth-order valence-electron chi connectivity index (χ4n) is 3.19. The van der Waals surface area contributed by atoms with Gasteiger partial charge in [0, 0.05) is 6.42 Å². The minimum absolute atomic E-state index is 0.265. The molecule has 0 radical (unpaired) electrons. The van der Waals surface area contributed by atoms with Crippen molar-refractivity contribution in [1.29, 1.82) is 0 Å². The molecule has 1 unspecified atom stereocenters. The highest BCUT2D eigenvalue weighted by atomic mass is 16.7. The van der Waals surface area contributed by atoms with Crippen LogP contribution in [0.15, 0.2) is 23.8 Å². The van der Waals surface area contributed by atoms with Crippen LogP contribution in [0.2, 0.25) is 0 Å². The molecule has 1 heterocycles. The van der Waals surface area contributed by atoms with Gasteiger partial charge in [0.1, 0.15) is 0 Å². The van der Waals surface area contributed by atoms with Gasteiger partial charge in [-0.1, -0.05) is 63.3 Å². The normalized spacial score (nSPS) is 21.9. The van der Waals surface area contributed by atoms with Crippen molar-refractivity contribution >= 4 is 0 Å². The Morgan fingerprint density at radius 3 is 2.58 bits per heavy atom. The third-order valence-corrected chi connectivity index (χ3v) is 4.89. The first-order valence-electron chi connectivity index (χ1n) is 10.3. The van der Waals surface area contributed by atoms with Crippen molar-refractivity contribution in [2.75, 3.05) is 13.2 Å². The Balaban J connectivity index is 2.01. The molecule has 0 spiro atoms. The number of allylic oxidation sites excluding steroid dienone is 4. The number of unbranched alkanes of at least 4 members (excludes halogenated alkanes) is 6. The molecular formula is C22H40O2. The Morgan fingerprint density at radius 2 is 1.88 bits per heavy atom. The third-order valence-electron chi connectivity index (χ3n) is 4.89. The van der Waals surface area contributed by atoms with Crippen LogP contribution in [0.25, 0.3) is 0 Å². The molecular weight excluding hydrogens is 296 g/mol. The van der Waals surface area contributed by atoms with E-state index in [0.29, 0.717) is 0 Å². The quantitative estimate of drug-likeness (QED) is 0.252. The predicted octanol–water partition coefficient (Wildman–Crippen LogP) is 6.95. The highest BCUT2D eigenvalue weighted by molar-refractivity contribution is 5.04. The zero-order chi connectivity index (χ0) is 17.5. The van der Waals surface area contributed by atoms with E-state index in [-0.39, 0.29) is 5.79 Å². The lowest BCUT2D eigenvalue weighted by atomic mass is 10.1. The molecule has 0 aliphatic carbocycles. The number of ether oxygens (including phenoxy) is 2. The highest BCUT2D eigenvalue weighted by Gasteiger charge is 2.33. The second kappa shape index (κ2) is 13.7. The molecule has 0 N–H and O–H groups in total. The van der Waals surface area contributed by atoms with E-state index in [2.05, 4.69) is 39.0 Å². The Bertz CT molecular complexity index is 351. The maximum absolute atomic E-state index is 6.01. The topological polar surface area (TPSA) is 18.5 Å². The minimum atomic E-state index is -0.265. The summed E-state index contributed by atoms with van der Waals surface area (Å²) in [6.45, 7) is 8.33. The minimum Gasteiger partial charge on any atom is -0.350 e. The van der Waals surface area contributed by atoms with Crippen LogP contribution in [0, 0.1) is 0 Å². The van der Waals surface area contributed by atoms with Gasteiger partial charge >= 0.3 is 0 Å². The van der Waals surface area contributed by atoms with E-state index in [1.807, 2.05) is 0 Å². The molecule has 1 rings (SSSR count). The van der Waals surface area contributed by atoms with Gasteiger partial charge in [-0.3, -0.25) is 0 Å². The van der Waals surface area contributed by atoms with Crippen LogP contribution in [0.1, 0.15) is 97.8 Å². The maximum Gasteiger partial charge on any atom is 0.168 e. The lowest BCUT2D eigenvalue weighted by Gasteiger charge is -2.27. The van der Waals surface area contributed by atoms with Gasteiger partial charge in [-0.05, 0) is 51.9 Å². The van der Waals surface area contributed by atoms with Crippen LogP contribution < -0.4 is 0 Å². The molecule has 1 saturated heterocycles. The first-order chi connectivity index (χ1) is 11.7. The first kappa shape index (κ1) is 21.4. The van der Waals surface area contributed by atoms with Crippen LogP contribution >= 0.6 is 0 Å². The summed E-state index contributed by atoms with van der Waals surface area (Å²) in [6.07, 6.45) is 21.6. The zero-order valence-corrected chi connectivity index (χ0v) is 16.4. The van der Waals surface area contributed by atoms with E-state index in [1.165, 1.54) is 44.1 Å². The third kappa shape index (κ3) is 9.64. The zero-order valence-electron chi connectivity index (χ0n) is 16.4. The maximum atomic E-state index is 6.01. The molecule has 1 fully saturated rings. The van der Waals surface area contributed by atoms with Crippen molar-refractivity contribution in [3.63, 3.8) is 0 Å². The summed E-state index contributed by atoms with van der Waals surface area (Å²) < 4.78 is 11.8.